The van der Waals surface area contributed by atoms with Crippen LogP contribution in [-0.4, -0.2) is 65.5 Å². The van der Waals surface area contributed by atoms with Gasteiger partial charge in [0.05, 0.1) is 25.5 Å². The lowest BCUT2D eigenvalue weighted by atomic mass is 9.81. The first-order valence-corrected chi connectivity index (χ1v) is 15.7. The van der Waals surface area contributed by atoms with E-state index < -0.39 is 17.7 Å². The third kappa shape index (κ3) is 7.01. The highest BCUT2D eigenvalue weighted by atomic mass is 16.5. The Morgan fingerprint density at radius 2 is 1.64 bits per heavy atom. The maximum absolute atomic E-state index is 12.8. The van der Waals surface area contributed by atoms with Crippen molar-refractivity contribution in [2.24, 2.45) is 5.41 Å². The van der Waals surface area contributed by atoms with Gasteiger partial charge in [-0.05, 0) is 76.0 Å². The van der Waals surface area contributed by atoms with Gasteiger partial charge in [-0.25, -0.2) is 4.79 Å². The number of carboxylic acid groups (broad SMARTS) is 1. The molecule has 0 radical (unpaired) electrons. The normalized spacial score (nSPS) is 17.1. The molecule has 1 saturated heterocycles. The molecule has 10 heteroatoms. The zero-order valence-corrected chi connectivity index (χ0v) is 28.2. The molecule has 1 fully saturated rings. The number of carboxylic acids is 1. The number of benzene rings is 1. The average molecular weight is 618 g/mol. The number of rotatable bonds is 8. The predicted molar refractivity (Wildman–Crippen MR) is 175 cm³/mol. The van der Waals surface area contributed by atoms with Crippen LogP contribution in [0.25, 0.3) is 11.1 Å². The topological polar surface area (TPSA) is 110 Å². The Labute approximate surface area is 266 Å². The van der Waals surface area contributed by atoms with E-state index in [4.69, 9.17) is 19.2 Å². The van der Waals surface area contributed by atoms with Gasteiger partial charge in [-0.3, -0.25) is 4.98 Å². The van der Waals surface area contributed by atoms with E-state index in [-0.39, 0.29) is 11.4 Å². The number of pyridine rings is 1. The zero-order chi connectivity index (χ0) is 32.7. The second-order valence-electron chi connectivity index (χ2n) is 13.9. The van der Waals surface area contributed by atoms with Crippen molar-refractivity contribution >= 4 is 17.5 Å². The van der Waals surface area contributed by atoms with Crippen LogP contribution in [0, 0.1) is 19.3 Å². The third-order valence-corrected chi connectivity index (χ3v) is 8.86. The maximum atomic E-state index is 12.8. The zero-order valence-electron chi connectivity index (χ0n) is 28.2. The van der Waals surface area contributed by atoms with Gasteiger partial charge in [0.25, 0.3) is 0 Å². The molecular weight excluding hydrogens is 570 g/mol. The van der Waals surface area contributed by atoms with Gasteiger partial charge in [0.15, 0.2) is 6.10 Å². The lowest BCUT2D eigenvalue weighted by molar-refractivity contribution is -0.160. The van der Waals surface area contributed by atoms with Crippen LogP contribution in [0.15, 0.2) is 24.3 Å². The average Bonchev–Trinajstić information content (AvgIpc) is 2.98. The number of hydrogen-bond acceptors (Lipinski definition) is 9. The summed E-state index contributed by atoms with van der Waals surface area (Å²) in [6, 6.07) is 8.68. The highest BCUT2D eigenvalue weighted by molar-refractivity contribution is 5.88. The molecule has 0 aliphatic carbocycles. The molecule has 2 aliphatic rings. The standard InChI is InChI=1S/C35H47N5O5/c1-21-28(24-10-11-25-20-40(15-12-23(25)18-24)26-19-27(43-8)38-33(37-26)44-9)30(39-16-13-35(6,7)14-17-39)29(22(2)36-21)31(32(41)42)45-34(3,4)5/h10-11,18-19,31H,12-17,20H2,1-9H3,(H,41,42). The smallest absolute Gasteiger partial charge is 0.337 e. The van der Waals surface area contributed by atoms with E-state index in [1.807, 2.05) is 40.7 Å². The van der Waals surface area contributed by atoms with Crippen LogP contribution in [0.1, 0.15) is 81.6 Å². The summed E-state index contributed by atoms with van der Waals surface area (Å²) in [6.45, 7) is 17.3. The van der Waals surface area contributed by atoms with Crippen LogP contribution in [-0.2, 0) is 22.5 Å². The van der Waals surface area contributed by atoms with Crippen LogP contribution in [0.5, 0.6) is 11.9 Å². The fourth-order valence-electron chi connectivity index (χ4n) is 6.41. The van der Waals surface area contributed by atoms with Crippen molar-refractivity contribution in [1.29, 1.82) is 0 Å². The fourth-order valence-corrected chi connectivity index (χ4v) is 6.41. The fraction of sp³-hybridized carbons (Fsp3) is 0.543. The number of aliphatic carboxylic acids is 1. The van der Waals surface area contributed by atoms with Crippen molar-refractivity contribution in [1.82, 2.24) is 15.0 Å². The SMILES string of the molecule is COc1cc(N2CCc3cc(-c4c(C)nc(C)c(C(OC(C)(C)C)C(=O)O)c4N4CCC(C)(C)CC4)ccc3C2)nc(OC)n1. The van der Waals surface area contributed by atoms with E-state index in [1.54, 1.807) is 14.2 Å². The molecule has 1 unspecified atom stereocenters. The van der Waals surface area contributed by atoms with E-state index >= 15 is 0 Å². The number of piperidine rings is 1. The minimum Gasteiger partial charge on any atom is -0.481 e. The molecule has 2 aliphatic heterocycles. The minimum atomic E-state index is -1.14. The Kier molecular flexibility index (Phi) is 8.99. The molecule has 3 aromatic rings. The van der Waals surface area contributed by atoms with E-state index in [2.05, 4.69) is 51.8 Å². The van der Waals surface area contributed by atoms with Gasteiger partial charge in [-0.2, -0.15) is 9.97 Å². The van der Waals surface area contributed by atoms with E-state index in [0.717, 1.165) is 67.2 Å². The monoisotopic (exact) mass is 617 g/mol. The van der Waals surface area contributed by atoms with Crippen LogP contribution in [0.2, 0.25) is 0 Å². The summed E-state index contributed by atoms with van der Waals surface area (Å²) in [5.41, 5.74) is 7.22. The number of hydrogen-bond donors (Lipinski definition) is 1. The van der Waals surface area contributed by atoms with Crippen LogP contribution >= 0.6 is 0 Å². The quantitative estimate of drug-likeness (QED) is 0.309. The first kappa shape index (κ1) is 32.5. The first-order valence-electron chi connectivity index (χ1n) is 15.7. The van der Waals surface area contributed by atoms with Crippen molar-refractivity contribution in [2.45, 2.75) is 86.0 Å². The van der Waals surface area contributed by atoms with Crippen LogP contribution < -0.4 is 19.3 Å². The minimum absolute atomic E-state index is 0.234. The molecule has 0 amide bonds. The Morgan fingerprint density at radius 1 is 0.933 bits per heavy atom. The Balaban J connectivity index is 1.60. The third-order valence-electron chi connectivity index (χ3n) is 8.86. The number of anilines is 2. The lowest BCUT2D eigenvalue weighted by Crippen LogP contribution is -2.39. The van der Waals surface area contributed by atoms with Crippen molar-refractivity contribution in [3.8, 4) is 23.0 Å². The predicted octanol–water partition coefficient (Wildman–Crippen LogP) is 6.30. The second kappa shape index (κ2) is 12.5. The molecule has 5 rings (SSSR count). The Bertz CT molecular complexity index is 1550. The summed E-state index contributed by atoms with van der Waals surface area (Å²) in [5, 5.41) is 10.5. The van der Waals surface area contributed by atoms with Gasteiger partial charge in [0.2, 0.25) is 5.88 Å². The number of methoxy groups -OCH3 is 2. The Morgan fingerprint density at radius 3 is 2.27 bits per heavy atom. The molecule has 45 heavy (non-hydrogen) atoms. The molecule has 4 heterocycles. The summed E-state index contributed by atoms with van der Waals surface area (Å²) in [5.74, 6) is 0.206. The first-order chi connectivity index (χ1) is 21.2. The molecule has 10 nitrogen and oxygen atoms in total. The number of aromatic nitrogens is 3. The second-order valence-corrected chi connectivity index (χ2v) is 13.9. The Hall–Kier alpha value is -3.92. The summed E-state index contributed by atoms with van der Waals surface area (Å²) >= 11 is 0. The summed E-state index contributed by atoms with van der Waals surface area (Å²) in [4.78, 5) is 31.1. The maximum Gasteiger partial charge on any atom is 0.337 e. The van der Waals surface area contributed by atoms with Crippen molar-refractivity contribution in [3.05, 3.63) is 52.3 Å². The van der Waals surface area contributed by atoms with Crippen molar-refractivity contribution < 1.29 is 24.1 Å². The lowest BCUT2D eigenvalue weighted by Gasteiger charge is -2.41. The van der Waals surface area contributed by atoms with E-state index in [9.17, 15) is 9.90 Å². The molecule has 0 bridgehead atoms. The van der Waals surface area contributed by atoms with E-state index in [1.165, 1.54) is 11.1 Å². The van der Waals surface area contributed by atoms with Gasteiger partial charge in [0.1, 0.15) is 5.82 Å². The van der Waals surface area contributed by atoms with Crippen LogP contribution in [0.4, 0.5) is 11.5 Å². The van der Waals surface area contributed by atoms with Crippen LogP contribution in [0.3, 0.4) is 0 Å². The molecule has 0 saturated carbocycles. The number of aryl methyl sites for hydroxylation is 2. The summed E-state index contributed by atoms with van der Waals surface area (Å²) < 4.78 is 16.9. The highest BCUT2D eigenvalue weighted by Gasteiger charge is 2.36. The molecule has 1 N–H and O–H groups in total. The summed E-state index contributed by atoms with van der Waals surface area (Å²) in [6.07, 6.45) is 1.71. The number of carbonyl (C=O) groups is 1. The number of fused-ring (bicyclic) bond motifs is 1. The largest absolute Gasteiger partial charge is 0.481 e. The molecular formula is C35H47N5O5. The van der Waals surface area contributed by atoms with Crippen molar-refractivity contribution in [3.63, 3.8) is 0 Å². The van der Waals surface area contributed by atoms with Gasteiger partial charge in [-0.1, -0.05) is 32.0 Å². The van der Waals surface area contributed by atoms with Gasteiger partial charge < -0.3 is 29.1 Å². The molecule has 242 valence electrons. The number of nitrogens with zero attached hydrogens (tertiary/aromatic N) is 5. The van der Waals surface area contributed by atoms with Gasteiger partial charge >= 0.3 is 12.0 Å². The molecule has 1 aromatic carbocycles. The molecule has 2 aromatic heterocycles. The van der Waals surface area contributed by atoms with Gasteiger partial charge in [-0.15, -0.1) is 0 Å². The summed E-state index contributed by atoms with van der Waals surface area (Å²) in [7, 11) is 3.13. The number of ether oxygens (including phenoxy) is 3. The molecule has 0 spiro atoms. The van der Waals surface area contributed by atoms with E-state index in [0.29, 0.717) is 23.7 Å². The van der Waals surface area contributed by atoms with Crippen molar-refractivity contribution in [2.75, 3.05) is 43.7 Å². The highest BCUT2D eigenvalue weighted by Crippen LogP contribution is 2.45. The van der Waals surface area contributed by atoms with Gasteiger partial charge in [0, 0.05) is 54.8 Å². The molecule has 1 atom stereocenters.